The molecular formula is C22H26ClN5O3S. The van der Waals surface area contributed by atoms with Crippen LogP contribution in [0.4, 0.5) is 4.79 Å². The molecule has 0 bridgehead atoms. The van der Waals surface area contributed by atoms with Crippen LogP contribution in [0.2, 0.25) is 5.02 Å². The van der Waals surface area contributed by atoms with Crippen molar-refractivity contribution in [2.24, 2.45) is 0 Å². The second-order valence-electron chi connectivity index (χ2n) is 7.64. The van der Waals surface area contributed by atoms with Gasteiger partial charge < -0.3 is 15.0 Å². The molecule has 0 spiro atoms. The second kappa shape index (κ2) is 9.89. The Balaban J connectivity index is 1.43. The summed E-state index contributed by atoms with van der Waals surface area (Å²) in [6.45, 7) is 7.41. The maximum atomic E-state index is 12.3. The van der Waals surface area contributed by atoms with E-state index in [0.29, 0.717) is 24.7 Å². The number of fused-ring (bicyclic) bond motifs is 1. The number of ether oxygens (including phenoxy) is 1. The summed E-state index contributed by atoms with van der Waals surface area (Å²) < 4.78 is 7.02. The summed E-state index contributed by atoms with van der Waals surface area (Å²) in [6, 6.07) is 7.52. The molecule has 1 fully saturated rings. The Morgan fingerprint density at radius 2 is 1.91 bits per heavy atom. The number of carbonyl (C=O) groups excluding carboxylic acids is 2. The van der Waals surface area contributed by atoms with Crippen LogP contribution in [-0.4, -0.2) is 70.5 Å². The summed E-state index contributed by atoms with van der Waals surface area (Å²) in [5.41, 5.74) is 3.13. The first kappa shape index (κ1) is 22.6. The fourth-order valence-electron chi connectivity index (χ4n) is 3.78. The van der Waals surface area contributed by atoms with Crippen LogP contribution in [0.3, 0.4) is 0 Å². The predicted octanol–water partition coefficient (Wildman–Crippen LogP) is 3.41. The van der Waals surface area contributed by atoms with Crippen LogP contribution in [-0.2, 0) is 16.1 Å². The maximum absolute atomic E-state index is 12.3. The quantitative estimate of drug-likeness (QED) is 0.553. The number of thiazole rings is 1. The standard InChI is InChI=1S/C22H26ClN5O3S/c1-3-31-19(29)12-24-21(30)27-10-8-26(9-11-27)14-18-20(16-4-6-17(23)7-5-16)25-22-28(18)13-15(2)32-22/h4-7,13H,3,8-12,14H2,1-2H3,(H,24,30). The van der Waals surface area contributed by atoms with Gasteiger partial charge in [-0.1, -0.05) is 23.7 Å². The third-order valence-corrected chi connectivity index (χ3v) is 6.53. The number of aromatic nitrogens is 2. The van der Waals surface area contributed by atoms with Crippen molar-refractivity contribution in [2.45, 2.75) is 20.4 Å². The Morgan fingerprint density at radius 1 is 1.19 bits per heavy atom. The van der Waals surface area contributed by atoms with Gasteiger partial charge in [0.05, 0.1) is 18.0 Å². The van der Waals surface area contributed by atoms with E-state index in [-0.39, 0.29) is 12.6 Å². The largest absolute Gasteiger partial charge is 0.465 e. The minimum absolute atomic E-state index is 0.108. The van der Waals surface area contributed by atoms with E-state index in [1.165, 1.54) is 4.88 Å². The number of hydrogen-bond donors (Lipinski definition) is 1. The molecule has 0 atom stereocenters. The van der Waals surface area contributed by atoms with Gasteiger partial charge in [-0.15, -0.1) is 11.3 Å². The van der Waals surface area contributed by atoms with Gasteiger partial charge in [0, 0.05) is 54.4 Å². The number of hydrogen-bond acceptors (Lipinski definition) is 6. The number of amides is 2. The van der Waals surface area contributed by atoms with Crippen molar-refractivity contribution in [3.05, 3.63) is 46.1 Å². The molecule has 170 valence electrons. The molecule has 1 saturated heterocycles. The van der Waals surface area contributed by atoms with E-state index in [1.807, 2.05) is 24.3 Å². The SMILES string of the molecule is CCOC(=O)CNC(=O)N1CCN(Cc2c(-c3ccc(Cl)cc3)nc3sc(C)cn23)CC1. The number of halogens is 1. The zero-order chi connectivity index (χ0) is 22.7. The molecule has 1 aliphatic rings. The Kier molecular flexibility index (Phi) is 6.98. The fraction of sp³-hybridized carbons (Fsp3) is 0.409. The lowest BCUT2D eigenvalue weighted by Gasteiger charge is -2.34. The molecule has 10 heteroatoms. The average Bonchev–Trinajstić information content (AvgIpc) is 3.30. The van der Waals surface area contributed by atoms with Crippen LogP contribution in [0.25, 0.3) is 16.2 Å². The smallest absolute Gasteiger partial charge is 0.325 e. The summed E-state index contributed by atoms with van der Waals surface area (Å²) in [5, 5.41) is 3.33. The van der Waals surface area contributed by atoms with Gasteiger partial charge in [0.2, 0.25) is 0 Å². The third-order valence-electron chi connectivity index (χ3n) is 5.38. The monoisotopic (exact) mass is 475 g/mol. The highest BCUT2D eigenvalue weighted by molar-refractivity contribution is 7.17. The average molecular weight is 476 g/mol. The number of urea groups is 1. The first-order valence-corrected chi connectivity index (χ1v) is 11.8. The molecule has 8 nitrogen and oxygen atoms in total. The predicted molar refractivity (Wildman–Crippen MR) is 125 cm³/mol. The van der Waals surface area contributed by atoms with Crippen molar-refractivity contribution in [3.8, 4) is 11.3 Å². The number of esters is 1. The number of carbonyl (C=O) groups is 2. The lowest BCUT2D eigenvalue weighted by Crippen LogP contribution is -2.52. The van der Waals surface area contributed by atoms with Gasteiger partial charge in [-0.25, -0.2) is 9.78 Å². The topological polar surface area (TPSA) is 79.2 Å². The van der Waals surface area contributed by atoms with Gasteiger partial charge in [0.15, 0.2) is 4.96 Å². The first-order valence-electron chi connectivity index (χ1n) is 10.6. The summed E-state index contributed by atoms with van der Waals surface area (Å²) in [6.07, 6.45) is 2.13. The molecular weight excluding hydrogens is 450 g/mol. The molecule has 3 aromatic rings. The zero-order valence-electron chi connectivity index (χ0n) is 18.1. The molecule has 0 radical (unpaired) electrons. The molecule has 1 aliphatic heterocycles. The van der Waals surface area contributed by atoms with E-state index in [1.54, 1.807) is 23.2 Å². The summed E-state index contributed by atoms with van der Waals surface area (Å²) in [5.74, 6) is -0.426. The molecule has 0 aliphatic carbocycles. The zero-order valence-corrected chi connectivity index (χ0v) is 19.7. The number of benzene rings is 1. The van der Waals surface area contributed by atoms with Crippen LogP contribution < -0.4 is 5.32 Å². The Labute approximate surface area is 195 Å². The summed E-state index contributed by atoms with van der Waals surface area (Å²) in [7, 11) is 0. The number of rotatable bonds is 6. The van der Waals surface area contributed by atoms with Crippen molar-refractivity contribution in [1.82, 2.24) is 24.5 Å². The van der Waals surface area contributed by atoms with Crippen molar-refractivity contribution >= 4 is 39.9 Å². The fourth-order valence-corrected chi connectivity index (χ4v) is 4.75. The summed E-state index contributed by atoms with van der Waals surface area (Å²) >= 11 is 7.74. The summed E-state index contributed by atoms with van der Waals surface area (Å²) in [4.78, 5) is 34.9. The minimum atomic E-state index is -0.426. The number of piperazine rings is 1. The lowest BCUT2D eigenvalue weighted by atomic mass is 10.1. The number of aryl methyl sites for hydroxylation is 1. The van der Waals surface area contributed by atoms with Crippen LogP contribution in [0.5, 0.6) is 0 Å². The Bertz CT molecular complexity index is 1100. The molecule has 32 heavy (non-hydrogen) atoms. The highest BCUT2D eigenvalue weighted by Gasteiger charge is 2.24. The number of nitrogens with one attached hydrogen (secondary N) is 1. The van der Waals surface area contributed by atoms with Crippen molar-refractivity contribution in [1.29, 1.82) is 0 Å². The van der Waals surface area contributed by atoms with E-state index in [4.69, 9.17) is 21.3 Å². The number of nitrogens with zero attached hydrogens (tertiary/aromatic N) is 4. The van der Waals surface area contributed by atoms with Gasteiger partial charge in [0.25, 0.3) is 0 Å². The van der Waals surface area contributed by atoms with Crippen LogP contribution in [0, 0.1) is 6.92 Å². The van der Waals surface area contributed by atoms with Crippen LogP contribution in [0.15, 0.2) is 30.5 Å². The van der Waals surface area contributed by atoms with E-state index in [0.717, 1.165) is 41.5 Å². The Hall–Kier alpha value is -2.62. The molecule has 1 N–H and O–H groups in total. The second-order valence-corrected chi connectivity index (χ2v) is 9.28. The molecule has 3 heterocycles. The molecule has 2 aromatic heterocycles. The van der Waals surface area contributed by atoms with Crippen molar-refractivity contribution in [2.75, 3.05) is 39.3 Å². The minimum Gasteiger partial charge on any atom is -0.465 e. The van der Waals surface area contributed by atoms with E-state index in [2.05, 4.69) is 27.7 Å². The van der Waals surface area contributed by atoms with Gasteiger partial charge in [-0.05, 0) is 26.0 Å². The first-order chi connectivity index (χ1) is 15.4. The molecule has 1 aromatic carbocycles. The van der Waals surface area contributed by atoms with Gasteiger partial charge >= 0.3 is 12.0 Å². The van der Waals surface area contributed by atoms with E-state index < -0.39 is 5.97 Å². The van der Waals surface area contributed by atoms with Gasteiger partial charge in [-0.3, -0.25) is 14.1 Å². The van der Waals surface area contributed by atoms with Gasteiger partial charge in [-0.2, -0.15) is 0 Å². The van der Waals surface area contributed by atoms with Crippen LogP contribution >= 0.6 is 22.9 Å². The molecule has 4 rings (SSSR count). The van der Waals surface area contributed by atoms with Crippen molar-refractivity contribution < 1.29 is 14.3 Å². The molecule has 0 saturated carbocycles. The normalized spacial score (nSPS) is 14.7. The van der Waals surface area contributed by atoms with E-state index in [9.17, 15) is 9.59 Å². The lowest BCUT2D eigenvalue weighted by molar-refractivity contribution is -0.141. The Morgan fingerprint density at radius 3 is 2.59 bits per heavy atom. The maximum Gasteiger partial charge on any atom is 0.325 e. The number of imidazole rings is 1. The van der Waals surface area contributed by atoms with Crippen molar-refractivity contribution in [3.63, 3.8) is 0 Å². The highest BCUT2D eigenvalue weighted by atomic mass is 35.5. The van der Waals surface area contributed by atoms with Crippen LogP contribution in [0.1, 0.15) is 17.5 Å². The molecule has 0 unspecified atom stereocenters. The van der Waals surface area contributed by atoms with Gasteiger partial charge in [0.1, 0.15) is 6.54 Å². The molecule has 2 amide bonds. The third kappa shape index (κ3) is 5.06. The highest BCUT2D eigenvalue weighted by Crippen LogP contribution is 2.30. The van der Waals surface area contributed by atoms with E-state index >= 15 is 0 Å².